The van der Waals surface area contributed by atoms with E-state index in [1.54, 1.807) is 39.8 Å². The highest BCUT2D eigenvalue weighted by molar-refractivity contribution is 7.92. The molecule has 0 amide bonds. The monoisotopic (exact) mass is 504 g/mol. The van der Waals surface area contributed by atoms with Gasteiger partial charge in [0.05, 0.1) is 29.6 Å². The first kappa shape index (κ1) is 24.6. The van der Waals surface area contributed by atoms with Crippen LogP contribution in [-0.2, 0) is 26.1 Å². The van der Waals surface area contributed by atoms with E-state index in [-0.39, 0.29) is 6.54 Å². The fraction of sp³-hybridized carbons (Fsp3) is 0.400. The van der Waals surface area contributed by atoms with Crippen molar-refractivity contribution in [3.63, 3.8) is 0 Å². The Hall–Kier alpha value is -2.55. The summed E-state index contributed by atoms with van der Waals surface area (Å²) in [7, 11) is -3.59. The van der Waals surface area contributed by atoms with E-state index in [1.165, 1.54) is 10.6 Å². The molecule has 0 fully saturated rings. The molecule has 1 aliphatic heterocycles. The summed E-state index contributed by atoms with van der Waals surface area (Å²) in [6.07, 6.45) is -0.130. The number of carboxylic acid groups (broad SMARTS) is 1. The number of carbonyl (C=O) groups is 1. The number of halogens is 1. The largest absolute Gasteiger partial charge is 0.479 e. The molecular formula is C25H29ClN2O5S. The predicted molar refractivity (Wildman–Crippen MR) is 135 cm³/mol. The van der Waals surface area contributed by atoms with Crippen LogP contribution in [0.3, 0.4) is 0 Å². The molecule has 0 spiro atoms. The molecule has 1 N–H and O–H groups in total. The van der Waals surface area contributed by atoms with Crippen molar-refractivity contribution in [1.29, 1.82) is 0 Å². The van der Waals surface area contributed by atoms with E-state index in [9.17, 15) is 18.3 Å². The van der Waals surface area contributed by atoms with Gasteiger partial charge in [-0.25, -0.2) is 13.2 Å². The van der Waals surface area contributed by atoms with Crippen molar-refractivity contribution in [2.75, 3.05) is 17.1 Å². The summed E-state index contributed by atoms with van der Waals surface area (Å²) in [5.41, 5.74) is 4.01. The van der Waals surface area contributed by atoms with Crippen molar-refractivity contribution in [2.24, 2.45) is 0 Å². The molecule has 0 radical (unpaired) electrons. The van der Waals surface area contributed by atoms with E-state index in [4.69, 9.17) is 16.3 Å². The smallest absolute Gasteiger partial charge is 0.337 e. The lowest BCUT2D eigenvalue weighted by molar-refractivity contribution is -0.160. The molecule has 0 saturated carbocycles. The molecular weight excluding hydrogens is 476 g/mol. The highest BCUT2D eigenvalue weighted by Gasteiger charge is 2.37. The number of ether oxygens (including phenoxy) is 1. The van der Waals surface area contributed by atoms with Gasteiger partial charge in [0, 0.05) is 28.2 Å². The Labute approximate surface area is 204 Å². The molecule has 1 aliphatic rings. The summed E-state index contributed by atoms with van der Waals surface area (Å²) in [5, 5.41) is 11.6. The maximum atomic E-state index is 12.8. The summed E-state index contributed by atoms with van der Waals surface area (Å²) in [5.74, 6) is -1.14. The van der Waals surface area contributed by atoms with Crippen LogP contribution < -0.4 is 4.31 Å². The number of aromatic nitrogens is 1. The Kier molecular flexibility index (Phi) is 5.99. The van der Waals surface area contributed by atoms with Gasteiger partial charge in [0.2, 0.25) is 10.0 Å². The molecule has 0 unspecified atom stereocenters. The summed E-state index contributed by atoms with van der Waals surface area (Å²) < 4.78 is 35.1. The number of hydrogen-bond acceptors (Lipinski definition) is 4. The van der Waals surface area contributed by atoms with Gasteiger partial charge in [0.15, 0.2) is 6.10 Å². The normalized spacial score (nSPS) is 15.1. The van der Waals surface area contributed by atoms with Crippen LogP contribution >= 0.6 is 11.6 Å². The first-order valence-corrected chi connectivity index (χ1v) is 13.2. The van der Waals surface area contributed by atoms with Gasteiger partial charge in [-0.2, -0.15) is 0 Å². The molecule has 182 valence electrons. The van der Waals surface area contributed by atoms with E-state index < -0.39 is 27.7 Å². The minimum absolute atomic E-state index is 0.273. The minimum atomic E-state index is -3.59. The molecule has 9 heteroatoms. The topological polar surface area (TPSA) is 88.8 Å². The van der Waals surface area contributed by atoms with Gasteiger partial charge in [-0.05, 0) is 69.5 Å². The van der Waals surface area contributed by atoms with Crippen molar-refractivity contribution >= 4 is 44.2 Å². The number of anilines is 1. The van der Waals surface area contributed by atoms with E-state index in [0.29, 0.717) is 33.9 Å². The third kappa shape index (κ3) is 4.19. The average Bonchev–Trinajstić information content (AvgIpc) is 3.05. The molecule has 34 heavy (non-hydrogen) atoms. The SMILES string of the molecule is Cc1c([C@H](OC(C)(C)C)C(=O)O)c(-c2ccc(Cl)cc2)c2cc(C)n3c2c1N(S(C)(=O)=O)CC3. The van der Waals surface area contributed by atoms with Crippen LogP contribution in [0.1, 0.15) is 43.7 Å². The summed E-state index contributed by atoms with van der Waals surface area (Å²) in [6, 6.07) is 9.21. The van der Waals surface area contributed by atoms with Crippen molar-refractivity contribution < 1.29 is 23.1 Å². The maximum Gasteiger partial charge on any atom is 0.337 e. The molecule has 0 saturated heterocycles. The fourth-order valence-electron chi connectivity index (χ4n) is 4.83. The summed E-state index contributed by atoms with van der Waals surface area (Å²) in [4.78, 5) is 12.6. The molecule has 4 rings (SSSR count). The van der Waals surface area contributed by atoms with Gasteiger partial charge in [0.1, 0.15) is 0 Å². The summed E-state index contributed by atoms with van der Waals surface area (Å²) >= 11 is 6.15. The molecule has 1 atom stereocenters. The number of nitrogens with zero attached hydrogens (tertiary/aromatic N) is 2. The van der Waals surface area contributed by atoms with Crippen molar-refractivity contribution in [2.45, 2.75) is 52.9 Å². The Morgan fingerprint density at radius 1 is 1.15 bits per heavy atom. The zero-order chi connectivity index (χ0) is 25.2. The van der Waals surface area contributed by atoms with Gasteiger partial charge in [-0.3, -0.25) is 4.31 Å². The van der Waals surface area contributed by atoms with Crippen LogP contribution in [0, 0.1) is 13.8 Å². The minimum Gasteiger partial charge on any atom is -0.479 e. The number of sulfonamides is 1. The molecule has 1 aromatic heterocycles. The predicted octanol–water partition coefficient (Wildman–Crippen LogP) is 5.30. The Balaban J connectivity index is 2.21. The van der Waals surface area contributed by atoms with Crippen LogP contribution in [0.25, 0.3) is 22.0 Å². The lowest BCUT2D eigenvalue weighted by atomic mass is 9.87. The van der Waals surface area contributed by atoms with Crippen LogP contribution in [0.4, 0.5) is 5.69 Å². The number of aliphatic carboxylic acids is 1. The highest BCUT2D eigenvalue weighted by atomic mass is 35.5. The number of hydrogen-bond donors (Lipinski definition) is 1. The average molecular weight is 505 g/mol. The Morgan fingerprint density at radius 3 is 2.29 bits per heavy atom. The lowest BCUT2D eigenvalue weighted by Crippen LogP contribution is -2.37. The Bertz CT molecular complexity index is 1400. The third-order valence-electron chi connectivity index (χ3n) is 6.09. The third-order valence-corrected chi connectivity index (χ3v) is 7.51. The fourth-order valence-corrected chi connectivity index (χ4v) is 5.92. The standard InChI is InChI=1S/C25H29ClN2O5S/c1-14-13-18-20(16-7-9-17(26)10-8-16)19(23(24(29)30)33-25(3,4)5)15(2)21-22(18)27(14)11-12-28(21)34(6,31)32/h7-10,13,23H,11-12H2,1-6H3,(H,29,30)/t23-/m0/s1. The second kappa shape index (κ2) is 8.29. The van der Waals surface area contributed by atoms with Crippen LogP contribution in [-0.4, -0.2) is 42.5 Å². The zero-order valence-electron chi connectivity index (χ0n) is 20.1. The number of aryl methyl sites for hydroxylation is 1. The summed E-state index contributed by atoms with van der Waals surface area (Å²) in [6.45, 7) is 9.93. The zero-order valence-corrected chi connectivity index (χ0v) is 21.7. The second-order valence-electron chi connectivity index (χ2n) is 9.75. The van der Waals surface area contributed by atoms with Gasteiger partial charge in [-0.1, -0.05) is 23.7 Å². The highest BCUT2D eigenvalue weighted by Crippen LogP contribution is 2.48. The van der Waals surface area contributed by atoms with Crippen molar-refractivity contribution in [3.8, 4) is 11.1 Å². The van der Waals surface area contributed by atoms with Gasteiger partial charge >= 0.3 is 5.97 Å². The maximum absolute atomic E-state index is 12.8. The lowest BCUT2D eigenvalue weighted by Gasteiger charge is -2.34. The quantitative estimate of drug-likeness (QED) is 0.509. The molecule has 0 bridgehead atoms. The second-order valence-corrected chi connectivity index (χ2v) is 12.1. The number of benzene rings is 2. The van der Waals surface area contributed by atoms with E-state index in [0.717, 1.165) is 22.2 Å². The first-order valence-electron chi connectivity index (χ1n) is 11.0. The van der Waals surface area contributed by atoms with Crippen molar-refractivity contribution in [1.82, 2.24) is 4.57 Å². The van der Waals surface area contributed by atoms with Crippen LogP contribution in [0.2, 0.25) is 5.02 Å². The molecule has 7 nitrogen and oxygen atoms in total. The van der Waals surface area contributed by atoms with E-state index >= 15 is 0 Å². The molecule has 2 aromatic carbocycles. The van der Waals surface area contributed by atoms with Gasteiger partial charge in [0.25, 0.3) is 0 Å². The van der Waals surface area contributed by atoms with Gasteiger partial charge < -0.3 is 14.4 Å². The number of carboxylic acids is 1. The molecule has 3 aromatic rings. The Morgan fingerprint density at radius 2 is 1.76 bits per heavy atom. The van der Waals surface area contributed by atoms with Gasteiger partial charge in [-0.15, -0.1) is 0 Å². The van der Waals surface area contributed by atoms with Crippen LogP contribution in [0.5, 0.6) is 0 Å². The number of rotatable bonds is 5. The van der Waals surface area contributed by atoms with E-state index in [1.807, 2.05) is 25.1 Å². The van der Waals surface area contributed by atoms with Crippen molar-refractivity contribution in [3.05, 3.63) is 52.2 Å². The first-order chi connectivity index (χ1) is 15.7. The molecule has 2 heterocycles. The van der Waals surface area contributed by atoms with Crippen LogP contribution in [0.15, 0.2) is 30.3 Å². The van der Waals surface area contributed by atoms with E-state index in [2.05, 4.69) is 4.57 Å². The molecule has 0 aliphatic carbocycles.